The third-order valence-corrected chi connectivity index (χ3v) is 5.64. The van der Waals surface area contributed by atoms with Crippen molar-refractivity contribution in [1.82, 2.24) is 14.8 Å². The molecule has 1 fully saturated rings. The number of urea groups is 1. The highest BCUT2D eigenvalue weighted by atomic mass is 79.9. The molecule has 2 N–H and O–H groups in total. The van der Waals surface area contributed by atoms with Crippen LogP contribution >= 0.6 is 15.9 Å². The minimum atomic E-state index is -0.634. The molecule has 4 amide bonds. The molecule has 2 aromatic carbocycles. The summed E-state index contributed by atoms with van der Waals surface area (Å²) in [7, 11) is 3.94. The van der Waals surface area contributed by atoms with Crippen LogP contribution in [0.5, 0.6) is 0 Å². The van der Waals surface area contributed by atoms with Crippen LogP contribution in [0.1, 0.15) is 5.69 Å². The Morgan fingerprint density at radius 1 is 1.06 bits per heavy atom. The number of carbonyl (C=O) groups excluding carboxylic acids is 3. The van der Waals surface area contributed by atoms with Crippen molar-refractivity contribution in [2.24, 2.45) is 0 Å². The summed E-state index contributed by atoms with van der Waals surface area (Å²) in [5.41, 5.74) is 3.39. The number of hydrogen-bond donors (Lipinski definition) is 2. The van der Waals surface area contributed by atoms with E-state index in [9.17, 15) is 14.4 Å². The summed E-state index contributed by atoms with van der Waals surface area (Å²) in [6, 6.07) is 18.0. The molecule has 0 atom stereocenters. The second kappa shape index (κ2) is 9.33. The van der Waals surface area contributed by atoms with Gasteiger partial charge in [0.2, 0.25) is 5.91 Å². The molecular formula is C24H22BrN5O3. The van der Waals surface area contributed by atoms with Crippen molar-refractivity contribution in [3.63, 3.8) is 0 Å². The topological polar surface area (TPSA) is 86.7 Å². The number of nitrogens with one attached hydrogen (secondary N) is 2. The van der Waals surface area contributed by atoms with Crippen LogP contribution in [0.15, 0.2) is 77.0 Å². The summed E-state index contributed by atoms with van der Waals surface area (Å²) < 4.78 is 2.79. The number of nitrogens with zero attached hydrogens (tertiary/aromatic N) is 3. The van der Waals surface area contributed by atoms with Crippen molar-refractivity contribution in [2.75, 3.05) is 30.9 Å². The van der Waals surface area contributed by atoms with Gasteiger partial charge in [0.15, 0.2) is 0 Å². The molecule has 1 aromatic heterocycles. The fourth-order valence-corrected chi connectivity index (χ4v) is 3.66. The zero-order valence-electron chi connectivity index (χ0n) is 18.1. The molecule has 168 valence electrons. The molecule has 1 aliphatic heterocycles. The zero-order valence-corrected chi connectivity index (χ0v) is 19.7. The maximum Gasteiger partial charge on any atom is 0.329 e. The van der Waals surface area contributed by atoms with Crippen LogP contribution in [0.4, 0.5) is 16.2 Å². The Labute approximate surface area is 199 Å². The van der Waals surface area contributed by atoms with Crippen LogP contribution in [0.3, 0.4) is 0 Å². The highest BCUT2D eigenvalue weighted by Gasteiger charge is 2.35. The second-order valence-corrected chi connectivity index (χ2v) is 8.56. The van der Waals surface area contributed by atoms with E-state index in [-0.39, 0.29) is 12.2 Å². The molecule has 8 nitrogen and oxygen atoms in total. The fraction of sp³-hybridized carbons (Fsp3) is 0.125. The number of amides is 4. The molecule has 0 radical (unpaired) electrons. The molecule has 0 spiro atoms. The summed E-state index contributed by atoms with van der Waals surface area (Å²) in [5, 5.41) is 5.24. The third kappa shape index (κ3) is 4.98. The van der Waals surface area contributed by atoms with Gasteiger partial charge in [0.25, 0.3) is 5.91 Å². The number of aromatic nitrogens is 1. The Morgan fingerprint density at radius 2 is 1.76 bits per heavy atom. The van der Waals surface area contributed by atoms with Gasteiger partial charge in [0.05, 0.1) is 0 Å². The van der Waals surface area contributed by atoms with E-state index in [1.807, 2.05) is 66.2 Å². The van der Waals surface area contributed by atoms with E-state index in [1.54, 1.807) is 30.3 Å². The van der Waals surface area contributed by atoms with Gasteiger partial charge in [0, 0.05) is 47.5 Å². The number of anilines is 2. The van der Waals surface area contributed by atoms with E-state index < -0.39 is 17.8 Å². The summed E-state index contributed by atoms with van der Waals surface area (Å²) >= 11 is 3.33. The lowest BCUT2D eigenvalue weighted by atomic mass is 10.2. The van der Waals surface area contributed by atoms with Crippen LogP contribution in [-0.2, 0) is 9.59 Å². The third-order valence-electron chi connectivity index (χ3n) is 5.11. The zero-order chi connectivity index (χ0) is 23.5. The molecule has 0 unspecified atom stereocenters. The van der Waals surface area contributed by atoms with Crippen LogP contribution in [-0.4, -0.2) is 48.0 Å². The number of rotatable bonds is 6. The minimum absolute atomic E-state index is 0.112. The molecule has 1 aliphatic rings. The summed E-state index contributed by atoms with van der Waals surface area (Å²) in [6.07, 6.45) is 3.48. The van der Waals surface area contributed by atoms with Crippen molar-refractivity contribution in [2.45, 2.75) is 0 Å². The molecule has 9 heteroatoms. The Morgan fingerprint density at radius 3 is 2.42 bits per heavy atom. The van der Waals surface area contributed by atoms with Gasteiger partial charge in [-0.1, -0.05) is 15.9 Å². The van der Waals surface area contributed by atoms with Crippen molar-refractivity contribution >= 4 is 51.2 Å². The molecule has 33 heavy (non-hydrogen) atoms. The number of carbonyl (C=O) groups is 3. The predicted octanol–water partition coefficient (Wildman–Crippen LogP) is 3.84. The van der Waals surface area contributed by atoms with Gasteiger partial charge < -0.3 is 20.1 Å². The summed E-state index contributed by atoms with van der Waals surface area (Å²) in [4.78, 5) is 40.4. The summed E-state index contributed by atoms with van der Waals surface area (Å²) in [5.74, 6) is -1.02. The number of hydrogen-bond acceptors (Lipinski definition) is 4. The maximum atomic E-state index is 12.8. The smallest absolute Gasteiger partial charge is 0.329 e. The largest absolute Gasteiger partial charge is 0.378 e. The van der Waals surface area contributed by atoms with Gasteiger partial charge >= 0.3 is 6.03 Å². The molecular weight excluding hydrogens is 486 g/mol. The predicted molar refractivity (Wildman–Crippen MR) is 131 cm³/mol. The van der Waals surface area contributed by atoms with Crippen molar-refractivity contribution in [3.8, 4) is 5.69 Å². The summed E-state index contributed by atoms with van der Waals surface area (Å²) in [6.45, 7) is -0.384. The van der Waals surface area contributed by atoms with Crippen molar-refractivity contribution in [1.29, 1.82) is 0 Å². The van der Waals surface area contributed by atoms with E-state index in [2.05, 4.69) is 26.6 Å². The van der Waals surface area contributed by atoms with E-state index in [4.69, 9.17) is 0 Å². The van der Waals surface area contributed by atoms with E-state index in [0.29, 0.717) is 5.69 Å². The number of halogens is 1. The first-order valence-corrected chi connectivity index (χ1v) is 11.0. The molecule has 3 aromatic rings. The molecule has 0 bridgehead atoms. The van der Waals surface area contributed by atoms with Crippen LogP contribution in [0.25, 0.3) is 11.8 Å². The quantitative estimate of drug-likeness (QED) is 0.392. The molecule has 2 heterocycles. The van der Waals surface area contributed by atoms with Crippen LogP contribution in [0.2, 0.25) is 0 Å². The lowest BCUT2D eigenvalue weighted by Crippen LogP contribution is -2.38. The molecule has 0 aliphatic carbocycles. The van der Waals surface area contributed by atoms with Gasteiger partial charge in [0.1, 0.15) is 12.2 Å². The Kier molecular flexibility index (Phi) is 6.32. The highest BCUT2D eigenvalue weighted by Crippen LogP contribution is 2.21. The first kappa shape index (κ1) is 22.3. The van der Waals surface area contributed by atoms with E-state index in [0.717, 1.165) is 26.4 Å². The number of benzene rings is 2. The van der Waals surface area contributed by atoms with Gasteiger partial charge in [-0.05, 0) is 66.7 Å². The van der Waals surface area contributed by atoms with E-state index in [1.165, 1.54) is 0 Å². The average Bonchev–Trinajstić information content (AvgIpc) is 3.35. The SMILES string of the molecule is CN(C)c1ccc(-n2cccc2/C=C2\NC(=O)N(CC(=O)Nc3ccc(Br)cc3)C2=O)cc1. The molecule has 0 saturated carbocycles. The Hall–Kier alpha value is -3.85. The second-order valence-electron chi connectivity index (χ2n) is 7.65. The first-order valence-electron chi connectivity index (χ1n) is 10.2. The average molecular weight is 508 g/mol. The van der Waals surface area contributed by atoms with Gasteiger partial charge in [-0.25, -0.2) is 9.69 Å². The molecule has 4 rings (SSSR count). The Balaban J connectivity index is 1.48. The van der Waals surface area contributed by atoms with Crippen LogP contribution < -0.4 is 15.5 Å². The monoisotopic (exact) mass is 507 g/mol. The molecule has 1 saturated heterocycles. The maximum absolute atomic E-state index is 12.8. The van der Waals surface area contributed by atoms with Gasteiger partial charge in [-0.15, -0.1) is 0 Å². The lowest BCUT2D eigenvalue weighted by Gasteiger charge is -2.14. The standard InChI is InChI=1S/C24H22BrN5O3/c1-28(2)18-9-11-19(12-10-18)29-13-3-4-20(29)14-21-23(32)30(24(33)27-21)15-22(31)26-17-7-5-16(25)6-8-17/h3-14H,15H2,1-2H3,(H,26,31)(H,27,33)/b21-14-. The fourth-order valence-electron chi connectivity index (χ4n) is 3.40. The van der Waals surface area contributed by atoms with Crippen LogP contribution in [0, 0.1) is 0 Å². The minimum Gasteiger partial charge on any atom is -0.378 e. The Bertz CT molecular complexity index is 1230. The number of imide groups is 1. The normalized spacial score (nSPS) is 14.5. The van der Waals surface area contributed by atoms with Gasteiger partial charge in [-0.3, -0.25) is 9.59 Å². The van der Waals surface area contributed by atoms with Gasteiger partial charge in [-0.2, -0.15) is 0 Å². The lowest BCUT2D eigenvalue weighted by molar-refractivity contribution is -0.127. The van der Waals surface area contributed by atoms with Crippen molar-refractivity contribution in [3.05, 3.63) is 82.7 Å². The highest BCUT2D eigenvalue weighted by molar-refractivity contribution is 9.10. The first-order chi connectivity index (χ1) is 15.8. The van der Waals surface area contributed by atoms with Crippen molar-refractivity contribution < 1.29 is 14.4 Å². The van der Waals surface area contributed by atoms with E-state index >= 15 is 0 Å².